The van der Waals surface area contributed by atoms with Crippen molar-refractivity contribution in [1.82, 2.24) is 10.3 Å². The van der Waals surface area contributed by atoms with Gasteiger partial charge in [-0.05, 0) is 39.1 Å². The lowest BCUT2D eigenvalue weighted by atomic mass is 10.2. The number of rotatable bonds is 6. The Labute approximate surface area is 94.9 Å². The highest BCUT2D eigenvalue weighted by Crippen LogP contribution is 2.10. The molecule has 0 saturated heterocycles. The lowest BCUT2D eigenvalue weighted by Crippen LogP contribution is -2.13. The maximum absolute atomic E-state index is 10.8. The molecule has 1 heterocycles. The molecule has 0 aliphatic carbocycles. The van der Waals surface area contributed by atoms with E-state index in [0.717, 1.165) is 19.5 Å². The molecule has 1 aromatic rings. The number of aryl methyl sites for hydroxylation is 1. The van der Waals surface area contributed by atoms with Crippen molar-refractivity contribution in [1.29, 1.82) is 0 Å². The Morgan fingerprint density at radius 3 is 2.81 bits per heavy atom. The highest BCUT2D eigenvalue weighted by atomic mass is 16.4. The number of hydrogen-bond donors (Lipinski definition) is 3. The van der Waals surface area contributed by atoms with Crippen LogP contribution in [-0.4, -0.2) is 36.2 Å². The van der Waals surface area contributed by atoms with Gasteiger partial charge < -0.3 is 15.7 Å². The third kappa shape index (κ3) is 3.86. The largest absolute Gasteiger partial charge is 0.478 e. The van der Waals surface area contributed by atoms with Crippen LogP contribution in [0.2, 0.25) is 0 Å². The standard InChI is InChI=1S/C11H17N3O2/c1-8-6-9(11(15)16)7-10(14-8)13-5-3-4-12-2/h6-7,12H,3-5H2,1-2H3,(H,13,14)(H,15,16). The Morgan fingerprint density at radius 1 is 1.44 bits per heavy atom. The molecule has 16 heavy (non-hydrogen) atoms. The van der Waals surface area contributed by atoms with E-state index < -0.39 is 5.97 Å². The lowest BCUT2D eigenvalue weighted by Gasteiger charge is -2.07. The average molecular weight is 223 g/mol. The van der Waals surface area contributed by atoms with E-state index in [1.54, 1.807) is 19.1 Å². The zero-order chi connectivity index (χ0) is 12.0. The molecule has 0 unspecified atom stereocenters. The molecule has 0 aliphatic heterocycles. The fourth-order valence-corrected chi connectivity index (χ4v) is 1.36. The minimum absolute atomic E-state index is 0.267. The minimum atomic E-state index is -0.927. The highest BCUT2D eigenvalue weighted by Gasteiger charge is 2.05. The summed E-state index contributed by atoms with van der Waals surface area (Å²) in [6.45, 7) is 3.48. The molecule has 3 N–H and O–H groups in total. The first kappa shape index (κ1) is 12.4. The second kappa shape index (κ2) is 6.07. The summed E-state index contributed by atoms with van der Waals surface area (Å²) in [6.07, 6.45) is 0.967. The summed E-state index contributed by atoms with van der Waals surface area (Å²) in [7, 11) is 1.90. The molecule has 5 nitrogen and oxygen atoms in total. The van der Waals surface area contributed by atoms with Gasteiger partial charge in [-0.15, -0.1) is 0 Å². The number of hydrogen-bond acceptors (Lipinski definition) is 4. The van der Waals surface area contributed by atoms with Gasteiger partial charge in [0.15, 0.2) is 0 Å². The van der Waals surface area contributed by atoms with Crippen LogP contribution in [0.25, 0.3) is 0 Å². The summed E-state index contributed by atoms with van der Waals surface area (Å²) in [5.41, 5.74) is 0.972. The van der Waals surface area contributed by atoms with Crippen LogP contribution in [0.15, 0.2) is 12.1 Å². The van der Waals surface area contributed by atoms with Crippen molar-refractivity contribution in [2.45, 2.75) is 13.3 Å². The molecule has 1 rings (SSSR count). The lowest BCUT2D eigenvalue weighted by molar-refractivity contribution is 0.0696. The van der Waals surface area contributed by atoms with Gasteiger partial charge in [-0.3, -0.25) is 0 Å². The van der Waals surface area contributed by atoms with Crippen LogP contribution in [0.5, 0.6) is 0 Å². The number of anilines is 1. The second-order valence-electron chi connectivity index (χ2n) is 3.57. The van der Waals surface area contributed by atoms with Crippen molar-refractivity contribution in [2.75, 3.05) is 25.5 Å². The van der Waals surface area contributed by atoms with Crippen LogP contribution in [0, 0.1) is 6.92 Å². The predicted octanol–water partition coefficient (Wildman–Crippen LogP) is 1.11. The normalized spacial score (nSPS) is 10.1. The summed E-state index contributed by atoms with van der Waals surface area (Å²) in [5.74, 6) is -0.308. The fraction of sp³-hybridized carbons (Fsp3) is 0.455. The van der Waals surface area contributed by atoms with Gasteiger partial charge in [0, 0.05) is 12.2 Å². The third-order valence-corrected chi connectivity index (χ3v) is 2.11. The number of aromatic carboxylic acids is 1. The van der Waals surface area contributed by atoms with Crippen molar-refractivity contribution in [3.05, 3.63) is 23.4 Å². The molecule has 0 amide bonds. The van der Waals surface area contributed by atoms with Crippen molar-refractivity contribution < 1.29 is 9.90 Å². The van der Waals surface area contributed by atoms with Gasteiger partial charge in [0.2, 0.25) is 0 Å². The number of nitrogens with zero attached hydrogens (tertiary/aromatic N) is 1. The van der Waals surface area contributed by atoms with Crippen LogP contribution in [0.1, 0.15) is 22.5 Å². The zero-order valence-corrected chi connectivity index (χ0v) is 9.58. The van der Waals surface area contributed by atoms with Crippen molar-refractivity contribution in [3.63, 3.8) is 0 Å². The number of carboxylic acids is 1. The predicted molar refractivity (Wildman–Crippen MR) is 63.0 cm³/mol. The molecule has 0 aliphatic rings. The number of aromatic nitrogens is 1. The van der Waals surface area contributed by atoms with E-state index in [4.69, 9.17) is 5.11 Å². The summed E-state index contributed by atoms with van der Waals surface area (Å²) in [5, 5.41) is 15.0. The Kier molecular flexibility index (Phi) is 4.72. The van der Waals surface area contributed by atoms with Gasteiger partial charge in [-0.2, -0.15) is 0 Å². The van der Waals surface area contributed by atoms with Crippen LogP contribution in [0.3, 0.4) is 0 Å². The molecule has 0 aromatic carbocycles. The first-order valence-electron chi connectivity index (χ1n) is 5.24. The molecular weight excluding hydrogens is 206 g/mol. The summed E-state index contributed by atoms with van der Waals surface area (Å²) >= 11 is 0. The molecule has 0 spiro atoms. The zero-order valence-electron chi connectivity index (χ0n) is 9.58. The van der Waals surface area contributed by atoms with Gasteiger partial charge in [0.1, 0.15) is 5.82 Å². The van der Waals surface area contributed by atoms with Gasteiger partial charge in [-0.1, -0.05) is 0 Å². The smallest absolute Gasteiger partial charge is 0.335 e. The molecule has 0 fully saturated rings. The van der Waals surface area contributed by atoms with Crippen molar-refractivity contribution in [3.8, 4) is 0 Å². The van der Waals surface area contributed by atoms with E-state index in [2.05, 4.69) is 15.6 Å². The topological polar surface area (TPSA) is 74.2 Å². The molecule has 0 radical (unpaired) electrons. The van der Waals surface area contributed by atoms with Gasteiger partial charge >= 0.3 is 5.97 Å². The first-order valence-corrected chi connectivity index (χ1v) is 5.24. The van der Waals surface area contributed by atoms with E-state index in [0.29, 0.717) is 11.5 Å². The van der Waals surface area contributed by atoms with E-state index in [-0.39, 0.29) is 5.56 Å². The molecule has 88 valence electrons. The summed E-state index contributed by atoms with van der Waals surface area (Å²) in [6, 6.07) is 3.11. The van der Waals surface area contributed by atoms with Crippen molar-refractivity contribution >= 4 is 11.8 Å². The summed E-state index contributed by atoms with van der Waals surface area (Å²) in [4.78, 5) is 15.0. The SMILES string of the molecule is CNCCCNc1cc(C(=O)O)cc(C)n1. The Bertz CT molecular complexity index is 366. The van der Waals surface area contributed by atoms with E-state index in [9.17, 15) is 4.79 Å². The Balaban J connectivity index is 2.62. The average Bonchev–Trinajstić information content (AvgIpc) is 2.23. The van der Waals surface area contributed by atoms with E-state index >= 15 is 0 Å². The van der Waals surface area contributed by atoms with E-state index in [1.165, 1.54) is 0 Å². The van der Waals surface area contributed by atoms with Gasteiger partial charge in [0.05, 0.1) is 5.56 Å². The molecular formula is C11H17N3O2. The molecule has 0 saturated carbocycles. The molecule has 5 heteroatoms. The Hall–Kier alpha value is -1.62. The quantitative estimate of drug-likeness (QED) is 0.630. The third-order valence-electron chi connectivity index (χ3n) is 2.11. The maximum atomic E-state index is 10.8. The number of nitrogens with one attached hydrogen (secondary N) is 2. The highest BCUT2D eigenvalue weighted by molar-refractivity contribution is 5.88. The first-order chi connectivity index (χ1) is 7.63. The Morgan fingerprint density at radius 2 is 2.19 bits per heavy atom. The summed E-state index contributed by atoms with van der Waals surface area (Å²) < 4.78 is 0. The van der Waals surface area contributed by atoms with Gasteiger partial charge in [-0.25, -0.2) is 9.78 Å². The van der Waals surface area contributed by atoms with Crippen LogP contribution in [-0.2, 0) is 0 Å². The van der Waals surface area contributed by atoms with Crippen LogP contribution < -0.4 is 10.6 Å². The number of pyridine rings is 1. The van der Waals surface area contributed by atoms with Crippen LogP contribution in [0.4, 0.5) is 5.82 Å². The van der Waals surface area contributed by atoms with E-state index in [1.807, 2.05) is 7.05 Å². The monoisotopic (exact) mass is 223 g/mol. The van der Waals surface area contributed by atoms with Crippen LogP contribution >= 0.6 is 0 Å². The number of carboxylic acid groups (broad SMARTS) is 1. The second-order valence-corrected chi connectivity index (χ2v) is 3.57. The van der Waals surface area contributed by atoms with Gasteiger partial charge in [0.25, 0.3) is 0 Å². The number of carbonyl (C=O) groups is 1. The molecule has 0 bridgehead atoms. The minimum Gasteiger partial charge on any atom is -0.478 e. The fourth-order valence-electron chi connectivity index (χ4n) is 1.36. The molecule has 0 atom stereocenters. The molecule has 1 aromatic heterocycles. The van der Waals surface area contributed by atoms with Crippen molar-refractivity contribution in [2.24, 2.45) is 0 Å². The maximum Gasteiger partial charge on any atom is 0.335 e.